The van der Waals surface area contributed by atoms with Gasteiger partial charge in [0.15, 0.2) is 0 Å². The van der Waals surface area contributed by atoms with Gasteiger partial charge in [-0.05, 0) is 38.4 Å². The van der Waals surface area contributed by atoms with Crippen molar-refractivity contribution < 1.29 is 9.59 Å². The van der Waals surface area contributed by atoms with Gasteiger partial charge in [0.05, 0.1) is 0 Å². The third-order valence-electron chi connectivity index (χ3n) is 5.66. The summed E-state index contributed by atoms with van der Waals surface area (Å²) in [4.78, 5) is 29.0. The van der Waals surface area contributed by atoms with Crippen LogP contribution in [0.4, 0.5) is 0 Å². The molecule has 3 rings (SSSR count). The summed E-state index contributed by atoms with van der Waals surface area (Å²) in [6.45, 7) is 8.70. The van der Waals surface area contributed by atoms with Crippen LogP contribution in [0.3, 0.4) is 0 Å². The molecule has 0 aliphatic carbocycles. The number of piperazine rings is 1. The van der Waals surface area contributed by atoms with Gasteiger partial charge in [-0.2, -0.15) is 0 Å². The second kappa shape index (κ2) is 11.4. The fourth-order valence-corrected chi connectivity index (χ4v) is 3.78. The lowest BCUT2D eigenvalue weighted by atomic mass is 9.95. The van der Waals surface area contributed by atoms with Crippen LogP contribution >= 0.6 is 12.4 Å². The Morgan fingerprint density at radius 2 is 1.71 bits per heavy atom. The first-order chi connectivity index (χ1) is 13.1. The molecule has 2 N–H and O–H groups in total. The number of likely N-dealkylation sites (tertiary alicyclic amines) is 1. The SMILES string of the molecule is Cc1ccc(CNC(=O)C2CCN(CCC(=O)N3CCNCC3)CC2)cc1.Cl. The molecule has 0 bridgehead atoms. The van der Waals surface area contributed by atoms with E-state index in [2.05, 4.69) is 46.7 Å². The number of nitrogens with one attached hydrogen (secondary N) is 2. The second-order valence-corrected chi connectivity index (χ2v) is 7.70. The van der Waals surface area contributed by atoms with Gasteiger partial charge in [0.1, 0.15) is 0 Å². The van der Waals surface area contributed by atoms with Crippen molar-refractivity contribution in [3.63, 3.8) is 0 Å². The van der Waals surface area contributed by atoms with Gasteiger partial charge in [-0.3, -0.25) is 9.59 Å². The summed E-state index contributed by atoms with van der Waals surface area (Å²) < 4.78 is 0. The average molecular weight is 409 g/mol. The van der Waals surface area contributed by atoms with Gasteiger partial charge in [0.25, 0.3) is 0 Å². The molecule has 2 aliphatic heterocycles. The molecule has 7 heteroatoms. The van der Waals surface area contributed by atoms with E-state index < -0.39 is 0 Å². The maximum Gasteiger partial charge on any atom is 0.223 e. The molecule has 2 fully saturated rings. The molecule has 2 aliphatic rings. The summed E-state index contributed by atoms with van der Waals surface area (Å²) in [5.41, 5.74) is 2.37. The van der Waals surface area contributed by atoms with Crippen molar-refractivity contribution in [1.82, 2.24) is 20.4 Å². The van der Waals surface area contributed by atoms with Crippen LogP contribution in [0.5, 0.6) is 0 Å². The van der Waals surface area contributed by atoms with Crippen LogP contribution in [0.1, 0.15) is 30.4 Å². The quantitative estimate of drug-likeness (QED) is 0.749. The number of aryl methyl sites for hydroxylation is 1. The van der Waals surface area contributed by atoms with Crippen LogP contribution in [0.25, 0.3) is 0 Å². The number of nitrogens with zero attached hydrogens (tertiary/aromatic N) is 2. The fourth-order valence-electron chi connectivity index (χ4n) is 3.78. The minimum Gasteiger partial charge on any atom is -0.352 e. The number of rotatable bonds is 6. The standard InChI is InChI=1S/C21H32N4O2.ClH/c1-17-2-4-18(5-3-17)16-23-21(27)19-6-11-24(12-7-19)13-8-20(26)25-14-9-22-10-15-25;/h2-5,19,22H,6-16H2,1H3,(H,23,27);1H. The number of benzene rings is 1. The molecule has 0 saturated carbocycles. The van der Waals surface area contributed by atoms with Gasteiger partial charge in [-0.1, -0.05) is 29.8 Å². The van der Waals surface area contributed by atoms with E-state index in [1.54, 1.807) is 0 Å². The number of amides is 2. The molecule has 0 atom stereocenters. The Bertz CT molecular complexity index is 624. The highest BCUT2D eigenvalue weighted by Crippen LogP contribution is 2.18. The van der Waals surface area contributed by atoms with Crippen molar-refractivity contribution in [2.24, 2.45) is 5.92 Å². The van der Waals surface area contributed by atoms with Gasteiger partial charge in [0, 0.05) is 51.6 Å². The maximum atomic E-state index is 12.4. The van der Waals surface area contributed by atoms with Crippen molar-refractivity contribution in [3.8, 4) is 0 Å². The van der Waals surface area contributed by atoms with Crippen LogP contribution < -0.4 is 10.6 Å². The number of halogens is 1. The van der Waals surface area contributed by atoms with E-state index in [1.807, 2.05) is 4.90 Å². The molecule has 6 nitrogen and oxygen atoms in total. The number of carbonyl (C=O) groups excluding carboxylic acids is 2. The van der Waals surface area contributed by atoms with Crippen LogP contribution in [0.15, 0.2) is 24.3 Å². The minimum atomic E-state index is 0. The number of hydrogen-bond donors (Lipinski definition) is 2. The van der Waals surface area contributed by atoms with Gasteiger partial charge < -0.3 is 20.4 Å². The highest BCUT2D eigenvalue weighted by molar-refractivity contribution is 5.85. The monoisotopic (exact) mass is 408 g/mol. The summed E-state index contributed by atoms with van der Waals surface area (Å²) in [7, 11) is 0. The molecule has 2 amide bonds. The molecular formula is C21H33ClN4O2. The zero-order valence-corrected chi connectivity index (χ0v) is 17.6. The highest BCUT2D eigenvalue weighted by atomic mass is 35.5. The van der Waals surface area contributed by atoms with Crippen molar-refractivity contribution in [2.75, 3.05) is 45.8 Å². The summed E-state index contributed by atoms with van der Waals surface area (Å²) >= 11 is 0. The predicted octanol–water partition coefficient (Wildman–Crippen LogP) is 1.57. The zero-order chi connectivity index (χ0) is 19.1. The van der Waals surface area contributed by atoms with Gasteiger partial charge in [0.2, 0.25) is 11.8 Å². The average Bonchev–Trinajstić information content (AvgIpc) is 2.72. The lowest BCUT2D eigenvalue weighted by Gasteiger charge is -2.32. The molecule has 156 valence electrons. The molecule has 2 saturated heterocycles. The summed E-state index contributed by atoms with van der Waals surface area (Å²) in [6, 6.07) is 8.27. The Morgan fingerprint density at radius 1 is 1.07 bits per heavy atom. The largest absolute Gasteiger partial charge is 0.352 e. The van der Waals surface area contributed by atoms with Gasteiger partial charge >= 0.3 is 0 Å². The molecule has 1 aromatic carbocycles. The van der Waals surface area contributed by atoms with Crippen LogP contribution in [-0.4, -0.2) is 67.4 Å². The molecule has 0 spiro atoms. The Hall–Kier alpha value is -1.63. The third kappa shape index (κ3) is 6.76. The molecule has 2 heterocycles. The van der Waals surface area contributed by atoms with E-state index >= 15 is 0 Å². The molecular weight excluding hydrogens is 376 g/mol. The molecule has 0 unspecified atom stereocenters. The first kappa shape index (κ1) is 22.7. The lowest BCUT2D eigenvalue weighted by Crippen LogP contribution is -2.47. The number of hydrogen-bond acceptors (Lipinski definition) is 4. The van der Waals surface area contributed by atoms with E-state index in [0.29, 0.717) is 13.0 Å². The van der Waals surface area contributed by atoms with Crippen molar-refractivity contribution in [3.05, 3.63) is 35.4 Å². The maximum absolute atomic E-state index is 12.4. The number of carbonyl (C=O) groups is 2. The molecule has 0 radical (unpaired) electrons. The van der Waals surface area contributed by atoms with Crippen molar-refractivity contribution in [2.45, 2.75) is 32.7 Å². The number of piperidine rings is 1. The van der Waals surface area contributed by atoms with Gasteiger partial charge in [-0.15, -0.1) is 12.4 Å². The van der Waals surface area contributed by atoms with E-state index in [9.17, 15) is 9.59 Å². The van der Waals surface area contributed by atoms with E-state index in [-0.39, 0.29) is 30.1 Å². The molecule has 28 heavy (non-hydrogen) atoms. The fraction of sp³-hybridized carbons (Fsp3) is 0.619. The Labute approximate surface area is 174 Å². The summed E-state index contributed by atoms with van der Waals surface area (Å²) in [5, 5.41) is 6.34. The first-order valence-electron chi connectivity index (χ1n) is 10.2. The summed E-state index contributed by atoms with van der Waals surface area (Å²) in [5.74, 6) is 0.511. The lowest BCUT2D eigenvalue weighted by molar-refractivity contribution is -0.132. The third-order valence-corrected chi connectivity index (χ3v) is 5.66. The Morgan fingerprint density at radius 3 is 2.36 bits per heavy atom. The van der Waals surface area contributed by atoms with Crippen LogP contribution in [0, 0.1) is 12.8 Å². The second-order valence-electron chi connectivity index (χ2n) is 7.70. The highest BCUT2D eigenvalue weighted by Gasteiger charge is 2.25. The molecule has 1 aromatic rings. The van der Waals surface area contributed by atoms with E-state index in [1.165, 1.54) is 5.56 Å². The minimum absolute atomic E-state index is 0. The van der Waals surface area contributed by atoms with E-state index in [4.69, 9.17) is 0 Å². The summed E-state index contributed by atoms with van der Waals surface area (Å²) in [6.07, 6.45) is 2.34. The molecule has 0 aromatic heterocycles. The first-order valence-corrected chi connectivity index (χ1v) is 10.2. The van der Waals surface area contributed by atoms with E-state index in [0.717, 1.165) is 64.2 Å². The van der Waals surface area contributed by atoms with Crippen LogP contribution in [-0.2, 0) is 16.1 Å². The predicted molar refractivity (Wildman–Crippen MR) is 114 cm³/mol. The zero-order valence-electron chi connectivity index (χ0n) is 16.8. The van der Waals surface area contributed by atoms with Crippen molar-refractivity contribution in [1.29, 1.82) is 0 Å². The topological polar surface area (TPSA) is 64.7 Å². The Balaban J connectivity index is 0.00000280. The van der Waals surface area contributed by atoms with Gasteiger partial charge in [-0.25, -0.2) is 0 Å². The van der Waals surface area contributed by atoms with Crippen molar-refractivity contribution >= 4 is 24.2 Å². The smallest absolute Gasteiger partial charge is 0.223 e. The van der Waals surface area contributed by atoms with Crippen LogP contribution in [0.2, 0.25) is 0 Å². The normalized spacial score (nSPS) is 18.4. The Kier molecular flexibility index (Phi) is 9.22.